The average Bonchev–Trinajstić information content (AvgIpc) is 2.37. The Morgan fingerprint density at radius 2 is 2.22 bits per heavy atom. The van der Waals surface area contributed by atoms with Crippen molar-refractivity contribution >= 4 is 33.5 Å². The molecule has 0 saturated carbocycles. The molecule has 6 heteroatoms. The molecule has 1 heterocycles. The Morgan fingerprint density at radius 1 is 1.50 bits per heavy atom. The lowest BCUT2D eigenvalue weighted by atomic mass is 10.2. The monoisotopic (exact) mass is 312 g/mol. The molecule has 2 rings (SSSR count). The second-order valence-electron chi connectivity index (χ2n) is 3.98. The van der Waals surface area contributed by atoms with Crippen molar-refractivity contribution in [1.82, 2.24) is 5.32 Å². The largest absolute Gasteiger partial charge is 0.467 e. The highest BCUT2D eigenvalue weighted by molar-refractivity contribution is 9.10. The first-order chi connectivity index (χ1) is 8.61. The molecule has 1 aromatic rings. The zero-order chi connectivity index (χ0) is 13.1. The van der Waals surface area contributed by atoms with Crippen LogP contribution in [0.15, 0.2) is 28.7 Å². The number of nitrogens with one attached hydrogen (secondary N) is 1. The molecule has 1 fully saturated rings. The van der Waals surface area contributed by atoms with Crippen molar-refractivity contribution in [2.75, 3.05) is 25.1 Å². The molecule has 5 nitrogen and oxygen atoms in total. The Labute approximate surface area is 113 Å². The van der Waals surface area contributed by atoms with Crippen molar-refractivity contribution in [2.24, 2.45) is 0 Å². The molecule has 1 amide bonds. The van der Waals surface area contributed by atoms with Gasteiger partial charge in [0.15, 0.2) is 0 Å². The van der Waals surface area contributed by atoms with Gasteiger partial charge >= 0.3 is 5.97 Å². The predicted molar refractivity (Wildman–Crippen MR) is 70.3 cm³/mol. The van der Waals surface area contributed by atoms with Gasteiger partial charge in [-0.15, -0.1) is 0 Å². The van der Waals surface area contributed by atoms with Crippen molar-refractivity contribution in [3.63, 3.8) is 0 Å². The van der Waals surface area contributed by atoms with E-state index in [0.717, 1.165) is 10.2 Å². The summed E-state index contributed by atoms with van der Waals surface area (Å²) in [5.41, 5.74) is 0.890. The van der Waals surface area contributed by atoms with Crippen molar-refractivity contribution in [2.45, 2.75) is 6.04 Å². The molecule has 0 aliphatic carbocycles. The van der Waals surface area contributed by atoms with Crippen LogP contribution in [-0.2, 0) is 14.3 Å². The number of piperazine rings is 1. The maximum Gasteiger partial charge on any atom is 0.330 e. The van der Waals surface area contributed by atoms with Crippen LogP contribution < -0.4 is 10.2 Å². The molecular formula is C12H13BrN2O3. The van der Waals surface area contributed by atoms with Crippen LogP contribution in [0.1, 0.15) is 0 Å². The molecular weight excluding hydrogens is 300 g/mol. The van der Waals surface area contributed by atoms with Gasteiger partial charge in [0.2, 0.25) is 5.91 Å². The van der Waals surface area contributed by atoms with E-state index >= 15 is 0 Å². The van der Waals surface area contributed by atoms with Crippen molar-refractivity contribution in [3.05, 3.63) is 28.7 Å². The lowest BCUT2D eigenvalue weighted by Crippen LogP contribution is -2.57. The lowest BCUT2D eigenvalue weighted by Gasteiger charge is -2.33. The number of hydrogen-bond donors (Lipinski definition) is 1. The number of amides is 1. The number of nitrogens with zero attached hydrogens (tertiary/aromatic N) is 1. The molecule has 96 valence electrons. The van der Waals surface area contributed by atoms with Gasteiger partial charge in [0, 0.05) is 11.0 Å². The van der Waals surface area contributed by atoms with Gasteiger partial charge in [0.25, 0.3) is 0 Å². The molecule has 0 radical (unpaired) electrons. The SMILES string of the molecule is COC(=O)C1CN(c2ccccc2Br)CC(=O)N1. The third-order valence-corrected chi connectivity index (χ3v) is 3.42. The summed E-state index contributed by atoms with van der Waals surface area (Å²) in [6.45, 7) is 0.636. The maximum atomic E-state index is 11.6. The predicted octanol–water partition coefficient (Wildman–Crippen LogP) is 0.927. The summed E-state index contributed by atoms with van der Waals surface area (Å²) in [6, 6.07) is 6.96. The van der Waals surface area contributed by atoms with Crippen LogP contribution in [0.25, 0.3) is 0 Å². The van der Waals surface area contributed by atoms with Crippen molar-refractivity contribution < 1.29 is 14.3 Å². The summed E-state index contributed by atoms with van der Waals surface area (Å²) in [5, 5.41) is 2.62. The van der Waals surface area contributed by atoms with Crippen LogP contribution in [-0.4, -0.2) is 38.1 Å². The number of carbonyl (C=O) groups is 2. The van der Waals surface area contributed by atoms with Crippen LogP contribution in [0.3, 0.4) is 0 Å². The molecule has 1 aliphatic rings. The Hall–Kier alpha value is -1.56. The van der Waals surface area contributed by atoms with Gasteiger partial charge in [-0.25, -0.2) is 4.79 Å². The van der Waals surface area contributed by atoms with Gasteiger partial charge in [0.05, 0.1) is 19.3 Å². The van der Waals surface area contributed by atoms with Gasteiger partial charge in [0.1, 0.15) is 6.04 Å². The normalized spacial score (nSPS) is 19.3. The zero-order valence-corrected chi connectivity index (χ0v) is 11.4. The van der Waals surface area contributed by atoms with Crippen LogP contribution in [0.4, 0.5) is 5.69 Å². The topological polar surface area (TPSA) is 58.6 Å². The van der Waals surface area contributed by atoms with Crippen LogP contribution in [0.2, 0.25) is 0 Å². The van der Waals surface area contributed by atoms with E-state index in [1.54, 1.807) is 0 Å². The first-order valence-corrected chi connectivity index (χ1v) is 6.28. The molecule has 1 atom stereocenters. The van der Waals surface area contributed by atoms with Gasteiger partial charge in [-0.05, 0) is 28.1 Å². The fraction of sp³-hybridized carbons (Fsp3) is 0.333. The Kier molecular flexibility index (Phi) is 3.86. The molecule has 0 aromatic heterocycles. The van der Waals surface area contributed by atoms with E-state index in [0.29, 0.717) is 6.54 Å². The third kappa shape index (κ3) is 2.64. The molecule has 1 N–H and O–H groups in total. The number of halogens is 1. The average molecular weight is 313 g/mol. The summed E-state index contributed by atoms with van der Waals surface area (Å²) in [5.74, 6) is -0.618. The molecule has 18 heavy (non-hydrogen) atoms. The minimum Gasteiger partial charge on any atom is -0.467 e. The van der Waals surface area contributed by atoms with Crippen molar-refractivity contribution in [1.29, 1.82) is 0 Å². The minimum atomic E-state index is -0.622. The number of hydrogen-bond acceptors (Lipinski definition) is 4. The molecule has 1 aromatic carbocycles. The highest BCUT2D eigenvalue weighted by Gasteiger charge is 2.30. The Morgan fingerprint density at radius 3 is 2.89 bits per heavy atom. The first-order valence-electron chi connectivity index (χ1n) is 5.48. The smallest absolute Gasteiger partial charge is 0.330 e. The van der Waals surface area contributed by atoms with Gasteiger partial charge < -0.3 is 15.0 Å². The fourth-order valence-electron chi connectivity index (χ4n) is 1.91. The maximum absolute atomic E-state index is 11.6. The summed E-state index contributed by atoms with van der Waals surface area (Å²) < 4.78 is 5.55. The number of esters is 1. The highest BCUT2D eigenvalue weighted by atomic mass is 79.9. The summed E-state index contributed by atoms with van der Waals surface area (Å²) >= 11 is 3.44. The van der Waals surface area contributed by atoms with E-state index in [9.17, 15) is 9.59 Å². The van der Waals surface area contributed by atoms with Gasteiger partial charge in [-0.1, -0.05) is 12.1 Å². The van der Waals surface area contributed by atoms with E-state index in [-0.39, 0.29) is 12.5 Å². The number of para-hydroxylation sites is 1. The molecule has 1 saturated heterocycles. The van der Waals surface area contributed by atoms with E-state index in [1.165, 1.54) is 7.11 Å². The van der Waals surface area contributed by atoms with Gasteiger partial charge in [-0.2, -0.15) is 0 Å². The number of benzene rings is 1. The Bertz CT molecular complexity index is 478. The summed E-state index contributed by atoms with van der Waals surface area (Å²) in [6.07, 6.45) is 0. The van der Waals surface area contributed by atoms with E-state index in [2.05, 4.69) is 26.0 Å². The van der Waals surface area contributed by atoms with E-state index in [4.69, 9.17) is 0 Å². The molecule has 1 aliphatic heterocycles. The number of ether oxygens (including phenoxy) is 1. The lowest BCUT2D eigenvalue weighted by molar-refractivity contribution is -0.145. The molecule has 0 bridgehead atoms. The second kappa shape index (κ2) is 5.39. The van der Waals surface area contributed by atoms with Crippen LogP contribution in [0.5, 0.6) is 0 Å². The molecule has 1 unspecified atom stereocenters. The quantitative estimate of drug-likeness (QED) is 0.825. The number of methoxy groups -OCH3 is 1. The van der Waals surface area contributed by atoms with E-state index < -0.39 is 12.0 Å². The van der Waals surface area contributed by atoms with E-state index in [1.807, 2.05) is 29.2 Å². The number of carbonyl (C=O) groups excluding carboxylic acids is 2. The number of rotatable bonds is 2. The minimum absolute atomic E-state index is 0.188. The first kappa shape index (κ1) is 12.9. The summed E-state index contributed by atoms with van der Waals surface area (Å²) in [7, 11) is 1.31. The second-order valence-corrected chi connectivity index (χ2v) is 4.83. The highest BCUT2D eigenvalue weighted by Crippen LogP contribution is 2.26. The van der Waals surface area contributed by atoms with Crippen molar-refractivity contribution in [3.8, 4) is 0 Å². The third-order valence-electron chi connectivity index (χ3n) is 2.75. The Balaban J connectivity index is 2.21. The van der Waals surface area contributed by atoms with Crippen LogP contribution in [0, 0.1) is 0 Å². The molecule has 0 spiro atoms. The standard InChI is InChI=1S/C12H13BrN2O3/c1-18-12(17)9-6-15(7-11(16)14-9)10-5-3-2-4-8(10)13/h2-5,9H,6-7H2,1H3,(H,14,16). The van der Waals surface area contributed by atoms with Crippen LogP contribution >= 0.6 is 15.9 Å². The number of anilines is 1. The zero-order valence-electron chi connectivity index (χ0n) is 9.85. The van der Waals surface area contributed by atoms with Gasteiger partial charge in [-0.3, -0.25) is 4.79 Å². The fourth-order valence-corrected chi connectivity index (χ4v) is 2.45. The summed E-state index contributed by atoms with van der Waals surface area (Å²) in [4.78, 5) is 25.0.